The number of thiazole rings is 1. The number of hydrogen-bond donors (Lipinski definition) is 2. The zero-order valence-corrected chi connectivity index (χ0v) is 14.1. The fraction of sp³-hybridized carbons (Fsp3) is 0.500. The van der Waals surface area contributed by atoms with E-state index in [1.165, 1.54) is 0 Å². The van der Waals surface area contributed by atoms with Crippen LogP contribution in [0.4, 0.5) is 10.8 Å². The van der Waals surface area contributed by atoms with Crippen molar-refractivity contribution in [1.82, 2.24) is 10.3 Å². The number of nitrogens with one attached hydrogen (secondary N) is 2. The van der Waals surface area contributed by atoms with Gasteiger partial charge in [-0.05, 0) is 18.2 Å². The lowest BCUT2D eigenvalue weighted by Gasteiger charge is -2.25. The molecule has 7 nitrogen and oxygen atoms in total. The van der Waals surface area contributed by atoms with E-state index in [1.54, 1.807) is 11.3 Å². The van der Waals surface area contributed by atoms with E-state index >= 15 is 0 Å². The second-order valence-electron chi connectivity index (χ2n) is 5.83. The standard InChI is InChI=1S/C16H20N4O3S/c21-15(13-10-17-3-6-23-13)18-11-1-2-12-14(9-11)24-16(19-12)20-4-7-22-8-5-20/h1-2,9,13,17H,3-8,10H2,(H,18,21). The van der Waals surface area contributed by atoms with Crippen molar-refractivity contribution in [3.05, 3.63) is 18.2 Å². The molecule has 1 aromatic heterocycles. The quantitative estimate of drug-likeness (QED) is 0.864. The van der Waals surface area contributed by atoms with Gasteiger partial charge in [0.05, 0.1) is 30.0 Å². The van der Waals surface area contributed by atoms with Crippen molar-refractivity contribution in [2.75, 3.05) is 56.2 Å². The molecule has 2 aliphatic rings. The van der Waals surface area contributed by atoms with Gasteiger partial charge in [0.1, 0.15) is 6.10 Å². The number of nitrogens with zero attached hydrogens (tertiary/aromatic N) is 2. The first-order valence-corrected chi connectivity index (χ1v) is 8.98. The minimum absolute atomic E-state index is 0.112. The van der Waals surface area contributed by atoms with Crippen molar-refractivity contribution < 1.29 is 14.3 Å². The largest absolute Gasteiger partial charge is 0.378 e. The Hall–Kier alpha value is -1.74. The number of fused-ring (bicyclic) bond motifs is 1. The van der Waals surface area contributed by atoms with Gasteiger partial charge in [0.2, 0.25) is 0 Å². The number of amides is 1. The van der Waals surface area contributed by atoms with Gasteiger partial charge in [-0.2, -0.15) is 0 Å². The van der Waals surface area contributed by atoms with Crippen LogP contribution in [0, 0.1) is 0 Å². The lowest BCUT2D eigenvalue weighted by Crippen LogP contribution is -2.45. The second kappa shape index (κ2) is 7.02. The zero-order chi connectivity index (χ0) is 16.4. The molecule has 2 fully saturated rings. The molecular formula is C16H20N4O3S. The molecule has 0 saturated carbocycles. The summed E-state index contributed by atoms with van der Waals surface area (Å²) in [6.07, 6.45) is -0.431. The Balaban J connectivity index is 1.49. The molecule has 24 heavy (non-hydrogen) atoms. The Kier molecular flexibility index (Phi) is 4.61. The molecule has 1 unspecified atom stereocenters. The van der Waals surface area contributed by atoms with E-state index in [0.29, 0.717) is 13.2 Å². The van der Waals surface area contributed by atoms with Crippen LogP contribution in [-0.2, 0) is 14.3 Å². The highest BCUT2D eigenvalue weighted by Crippen LogP contribution is 2.31. The Bertz CT molecular complexity index is 723. The van der Waals surface area contributed by atoms with Crippen molar-refractivity contribution in [3.63, 3.8) is 0 Å². The normalized spacial score (nSPS) is 21.8. The molecule has 2 N–H and O–H groups in total. The predicted octanol–water partition coefficient (Wildman–Crippen LogP) is 1.06. The molecule has 3 heterocycles. The number of hydrogen-bond acceptors (Lipinski definition) is 7. The van der Waals surface area contributed by atoms with Crippen LogP contribution in [0.1, 0.15) is 0 Å². The molecule has 2 aliphatic heterocycles. The summed E-state index contributed by atoms with van der Waals surface area (Å²) < 4.78 is 11.9. The molecule has 4 rings (SSSR count). The number of morpholine rings is 2. The van der Waals surface area contributed by atoms with Crippen molar-refractivity contribution in [1.29, 1.82) is 0 Å². The van der Waals surface area contributed by atoms with Crippen LogP contribution in [-0.4, -0.2) is 63.0 Å². The van der Waals surface area contributed by atoms with Crippen LogP contribution in [0.15, 0.2) is 18.2 Å². The molecule has 2 aromatic rings. The zero-order valence-electron chi connectivity index (χ0n) is 13.3. The average Bonchev–Trinajstić information content (AvgIpc) is 3.06. The lowest BCUT2D eigenvalue weighted by molar-refractivity contribution is -0.128. The van der Waals surface area contributed by atoms with E-state index in [1.807, 2.05) is 18.2 Å². The van der Waals surface area contributed by atoms with Crippen LogP contribution in [0.3, 0.4) is 0 Å². The first kappa shape index (κ1) is 15.8. The third-order valence-electron chi connectivity index (χ3n) is 4.15. The highest BCUT2D eigenvalue weighted by Gasteiger charge is 2.22. The van der Waals surface area contributed by atoms with Crippen molar-refractivity contribution in [3.8, 4) is 0 Å². The van der Waals surface area contributed by atoms with Gasteiger partial charge in [0, 0.05) is 31.9 Å². The van der Waals surface area contributed by atoms with Gasteiger partial charge >= 0.3 is 0 Å². The topological polar surface area (TPSA) is 75.7 Å². The molecule has 128 valence electrons. The third kappa shape index (κ3) is 3.36. The summed E-state index contributed by atoms with van der Waals surface area (Å²) in [5.41, 5.74) is 1.73. The van der Waals surface area contributed by atoms with Crippen molar-refractivity contribution in [2.45, 2.75) is 6.10 Å². The van der Waals surface area contributed by atoms with E-state index in [9.17, 15) is 4.79 Å². The summed E-state index contributed by atoms with van der Waals surface area (Å²) in [5.74, 6) is -0.112. The first-order valence-electron chi connectivity index (χ1n) is 8.16. The highest BCUT2D eigenvalue weighted by molar-refractivity contribution is 7.22. The van der Waals surface area contributed by atoms with Gasteiger partial charge in [0.15, 0.2) is 5.13 Å². The number of aromatic nitrogens is 1. The lowest BCUT2D eigenvalue weighted by atomic mass is 10.2. The SMILES string of the molecule is O=C(Nc1ccc2nc(N3CCOCC3)sc2c1)C1CNCCO1. The summed E-state index contributed by atoms with van der Waals surface area (Å²) in [6, 6.07) is 5.82. The molecule has 1 atom stereocenters. The number of ether oxygens (including phenoxy) is 2. The van der Waals surface area contributed by atoms with Gasteiger partial charge in [-0.25, -0.2) is 4.98 Å². The van der Waals surface area contributed by atoms with Crippen molar-refractivity contribution >= 4 is 38.3 Å². The molecule has 0 radical (unpaired) electrons. The molecule has 2 saturated heterocycles. The van der Waals surface area contributed by atoms with E-state index in [2.05, 4.69) is 20.5 Å². The third-order valence-corrected chi connectivity index (χ3v) is 5.23. The van der Waals surface area contributed by atoms with Gasteiger partial charge in [-0.15, -0.1) is 0 Å². The summed E-state index contributed by atoms with van der Waals surface area (Å²) in [5, 5.41) is 7.11. The van der Waals surface area contributed by atoms with Gasteiger partial charge < -0.3 is 25.0 Å². The molecule has 8 heteroatoms. The number of carbonyl (C=O) groups excluding carboxylic acids is 1. The highest BCUT2D eigenvalue weighted by atomic mass is 32.1. The van der Waals surface area contributed by atoms with Gasteiger partial charge in [-0.1, -0.05) is 11.3 Å². The Morgan fingerprint density at radius 3 is 3.00 bits per heavy atom. The van der Waals surface area contributed by atoms with Crippen LogP contribution < -0.4 is 15.5 Å². The minimum Gasteiger partial charge on any atom is -0.378 e. The van der Waals surface area contributed by atoms with E-state index in [4.69, 9.17) is 9.47 Å². The predicted molar refractivity (Wildman–Crippen MR) is 93.9 cm³/mol. The number of rotatable bonds is 3. The Morgan fingerprint density at radius 2 is 2.21 bits per heavy atom. The van der Waals surface area contributed by atoms with E-state index in [0.717, 1.165) is 53.9 Å². The van der Waals surface area contributed by atoms with Crippen LogP contribution in [0.25, 0.3) is 10.2 Å². The molecule has 1 aromatic carbocycles. The van der Waals surface area contributed by atoms with Gasteiger partial charge in [-0.3, -0.25) is 4.79 Å². The van der Waals surface area contributed by atoms with Crippen molar-refractivity contribution in [2.24, 2.45) is 0 Å². The monoisotopic (exact) mass is 348 g/mol. The second-order valence-corrected chi connectivity index (χ2v) is 6.84. The number of anilines is 2. The van der Waals surface area contributed by atoms with E-state index in [-0.39, 0.29) is 5.91 Å². The average molecular weight is 348 g/mol. The molecule has 0 aliphatic carbocycles. The summed E-state index contributed by atoms with van der Waals surface area (Å²) in [4.78, 5) is 19.2. The smallest absolute Gasteiger partial charge is 0.254 e. The summed E-state index contributed by atoms with van der Waals surface area (Å²) in [6.45, 7) is 5.13. The van der Waals surface area contributed by atoms with Crippen LogP contribution in [0.2, 0.25) is 0 Å². The van der Waals surface area contributed by atoms with Crippen LogP contribution >= 0.6 is 11.3 Å². The summed E-state index contributed by atoms with van der Waals surface area (Å²) >= 11 is 1.64. The maximum Gasteiger partial charge on any atom is 0.254 e. The van der Waals surface area contributed by atoms with E-state index < -0.39 is 6.10 Å². The van der Waals surface area contributed by atoms with Crippen LogP contribution in [0.5, 0.6) is 0 Å². The maximum absolute atomic E-state index is 12.2. The minimum atomic E-state index is -0.431. The number of benzene rings is 1. The molecular weight excluding hydrogens is 328 g/mol. The molecule has 0 bridgehead atoms. The molecule has 0 spiro atoms. The summed E-state index contributed by atoms with van der Waals surface area (Å²) in [7, 11) is 0. The Morgan fingerprint density at radius 1 is 1.33 bits per heavy atom. The Labute approximate surface area is 143 Å². The molecule has 1 amide bonds. The fourth-order valence-electron chi connectivity index (χ4n) is 2.84. The fourth-order valence-corrected chi connectivity index (χ4v) is 3.89. The van der Waals surface area contributed by atoms with Gasteiger partial charge in [0.25, 0.3) is 5.91 Å². The number of carbonyl (C=O) groups is 1. The first-order chi connectivity index (χ1) is 11.8. The maximum atomic E-state index is 12.2.